The Bertz CT molecular complexity index is 711. The average Bonchev–Trinajstić information content (AvgIpc) is 2.47. The van der Waals surface area contributed by atoms with Crippen LogP contribution in [0, 0.1) is 0 Å². The quantitative estimate of drug-likeness (QED) is 0.749. The monoisotopic (exact) mass is 332 g/mol. The molecule has 0 aromatic heterocycles. The summed E-state index contributed by atoms with van der Waals surface area (Å²) in [4.78, 5) is 0. The first-order chi connectivity index (χ1) is 10.8. The van der Waals surface area contributed by atoms with E-state index in [1.165, 1.54) is 5.56 Å². The van der Waals surface area contributed by atoms with E-state index in [0.717, 1.165) is 11.1 Å². The summed E-state index contributed by atoms with van der Waals surface area (Å²) >= 11 is 0. The zero-order valence-electron chi connectivity index (χ0n) is 14.0. The van der Waals surface area contributed by atoms with Gasteiger partial charge in [-0.15, -0.1) is 0 Å². The molecule has 0 N–H and O–H groups in total. The van der Waals surface area contributed by atoms with Crippen molar-refractivity contribution in [1.29, 1.82) is 0 Å². The molecule has 2 aromatic rings. The van der Waals surface area contributed by atoms with Gasteiger partial charge in [-0.3, -0.25) is 4.18 Å². The summed E-state index contributed by atoms with van der Waals surface area (Å²) in [5.74, 6) is -0.0865. The van der Waals surface area contributed by atoms with Gasteiger partial charge in [-0.25, -0.2) is 0 Å². The summed E-state index contributed by atoms with van der Waals surface area (Å²) in [6.45, 7) is 6.67. The fraction of sp³-hybridized carbons (Fsp3) is 0.368. The Kier molecular flexibility index (Phi) is 5.60. The van der Waals surface area contributed by atoms with Gasteiger partial charge in [0, 0.05) is 0 Å². The number of hydrogen-bond donors (Lipinski definition) is 0. The maximum Gasteiger partial charge on any atom is 0.271 e. The van der Waals surface area contributed by atoms with E-state index in [9.17, 15) is 8.42 Å². The number of benzene rings is 2. The highest BCUT2D eigenvalue weighted by Gasteiger charge is 2.14. The van der Waals surface area contributed by atoms with Gasteiger partial charge in [0.2, 0.25) is 0 Å². The van der Waals surface area contributed by atoms with Gasteiger partial charge in [0.25, 0.3) is 10.1 Å². The molecule has 0 amide bonds. The standard InChI is InChI=1S/C19H24O3S/c1-19(2,3)18-11-9-16(10-12-18)13-14-22-23(20,21)15-17-7-5-4-6-8-17/h4-12H,13-15H2,1-3H3. The lowest BCUT2D eigenvalue weighted by Gasteiger charge is -2.19. The van der Waals surface area contributed by atoms with E-state index in [2.05, 4.69) is 32.9 Å². The van der Waals surface area contributed by atoms with Gasteiger partial charge in [0.1, 0.15) is 5.75 Å². The van der Waals surface area contributed by atoms with Gasteiger partial charge in [0.05, 0.1) is 6.61 Å². The highest BCUT2D eigenvalue weighted by molar-refractivity contribution is 7.85. The third-order valence-electron chi connectivity index (χ3n) is 3.66. The molecule has 0 saturated carbocycles. The summed E-state index contributed by atoms with van der Waals surface area (Å²) in [6, 6.07) is 17.3. The Hall–Kier alpha value is -1.65. The van der Waals surface area contributed by atoms with Gasteiger partial charge in [-0.2, -0.15) is 8.42 Å². The molecule has 0 aliphatic carbocycles. The molecule has 0 fully saturated rings. The first-order valence-electron chi connectivity index (χ1n) is 7.77. The van der Waals surface area contributed by atoms with E-state index < -0.39 is 10.1 Å². The Balaban J connectivity index is 1.87. The maximum absolute atomic E-state index is 12.0. The third kappa shape index (κ3) is 5.81. The van der Waals surface area contributed by atoms with Crippen molar-refractivity contribution in [3.8, 4) is 0 Å². The molecule has 0 aliphatic heterocycles. The molecule has 0 heterocycles. The van der Waals surface area contributed by atoms with Crippen LogP contribution in [0.2, 0.25) is 0 Å². The van der Waals surface area contributed by atoms with Crippen LogP contribution in [0.25, 0.3) is 0 Å². The van der Waals surface area contributed by atoms with E-state index in [4.69, 9.17) is 4.18 Å². The molecule has 2 aromatic carbocycles. The van der Waals surface area contributed by atoms with E-state index in [0.29, 0.717) is 6.42 Å². The van der Waals surface area contributed by atoms with E-state index in [-0.39, 0.29) is 17.8 Å². The second kappa shape index (κ2) is 7.28. The predicted octanol–water partition coefficient (Wildman–Crippen LogP) is 4.07. The molecule has 0 radical (unpaired) electrons. The van der Waals surface area contributed by atoms with E-state index in [1.807, 2.05) is 30.3 Å². The minimum atomic E-state index is -3.54. The SMILES string of the molecule is CC(C)(C)c1ccc(CCOS(=O)(=O)Cc2ccccc2)cc1. The molecule has 0 unspecified atom stereocenters. The first kappa shape index (κ1) is 17.7. The molecular weight excluding hydrogens is 308 g/mol. The second-order valence-corrected chi connectivity index (χ2v) is 8.35. The van der Waals surface area contributed by atoms with Crippen LogP contribution in [-0.4, -0.2) is 15.0 Å². The molecule has 4 heteroatoms. The van der Waals surface area contributed by atoms with E-state index >= 15 is 0 Å². The summed E-state index contributed by atoms with van der Waals surface area (Å²) in [5.41, 5.74) is 3.20. The minimum absolute atomic E-state index is 0.0865. The third-order valence-corrected chi connectivity index (χ3v) is 4.87. The largest absolute Gasteiger partial charge is 0.271 e. The summed E-state index contributed by atoms with van der Waals surface area (Å²) in [5, 5.41) is 0. The van der Waals surface area contributed by atoms with Crippen LogP contribution in [0.1, 0.15) is 37.5 Å². The van der Waals surface area contributed by atoms with Crippen LogP contribution >= 0.6 is 0 Å². The highest BCUT2D eigenvalue weighted by atomic mass is 32.2. The van der Waals surface area contributed by atoms with Crippen molar-refractivity contribution < 1.29 is 12.6 Å². The van der Waals surface area contributed by atoms with Gasteiger partial charge < -0.3 is 0 Å². The van der Waals surface area contributed by atoms with Crippen molar-refractivity contribution in [2.45, 2.75) is 38.4 Å². The van der Waals surface area contributed by atoms with Crippen LogP contribution in [0.3, 0.4) is 0 Å². The minimum Gasteiger partial charge on any atom is -0.270 e. The summed E-state index contributed by atoms with van der Waals surface area (Å²) in [6.07, 6.45) is 0.582. The fourth-order valence-corrected chi connectivity index (χ4v) is 3.30. The number of hydrogen-bond acceptors (Lipinski definition) is 3. The molecule has 3 nitrogen and oxygen atoms in total. The highest BCUT2D eigenvalue weighted by Crippen LogP contribution is 2.22. The predicted molar refractivity (Wildman–Crippen MR) is 93.9 cm³/mol. The average molecular weight is 332 g/mol. The Morgan fingerprint density at radius 2 is 1.48 bits per heavy atom. The van der Waals surface area contributed by atoms with Crippen LogP contribution in [0.5, 0.6) is 0 Å². The second-order valence-electron chi connectivity index (χ2n) is 6.71. The lowest BCUT2D eigenvalue weighted by molar-refractivity contribution is 0.321. The van der Waals surface area contributed by atoms with Crippen molar-refractivity contribution in [3.63, 3.8) is 0 Å². The maximum atomic E-state index is 12.0. The Morgan fingerprint density at radius 1 is 0.870 bits per heavy atom. The van der Waals surface area contributed by atoms with Crippen molar-refractivity contribution in [1.82, 2.24) is 0 Å². The Morgan fingerprint density at radius 3 is 2.04 bits per heavy atom. The fourth-order valence-electron chi connectivity index (χ4n) is 2.28. The van der Waals surface area contributed by atoms with Crippen LogP contribution in [0.4, 0.5) is 0 Å². The van der Waals surface area contributed by atoms with Crippen LogP contribution in [-0.2, 0) is 31.9 Å². The molecule has 0 atom stereocenters. The van der Waals surface area contributed by atoms with Crippen LogP contribution < -0.4 is 0 Å². The summed E-state index contributed by atoms with van der Waals surface area (Å²) < 4.78 is 29.0. The lowest BCUT2D eigenvalue weighted by Crippen LogP contribution is -2.12. The molecule has 124 valence electrons. The van der Waals surface area contributed by atoms with Crippen LogP contribution in [0.15, 0.2) is 54.6 Å². The molecule has 0 spiro atoms. The first-order valence-corrected chi connectivity index (χ1v) is 9.34. The molecule has 0 bridgehead atoms. The molecule has 23 heavy (non-hydrogen) atoms. The molecule has 0 aliphatic rings. The van der Waals surface area contributed by atoms with Crippen molar-refractivity contribution in [2.75, 3.05) is 6.61 Å². The topological polar surface area (TPSA) is 43.4 Å². The summed E-state index contributed by atoms with van der Waals surface area (Å²) in [7, 11) is -3.54. The van der Waals surface area contributed by atoms with E-state index in [1.54, 1.807) is 12.1 Å². The van der Waals surface area contributed by atoms with Crippen molar-refractivity contribution >= 4 is 10.1 Å². The van der Waals surface area contributed by atoms with Gasteiger partial charge in [-0.1, -0.05) is 75.4 Å². The zero-order chi connectivity index (χ0) is 16.9. The van der Waals surface area contributed by atoms with Gasteiger partial charge in [-0.05, 0) is 28.5 Å². The molecule has 0 saturated heterocycles. The molecular formula is C19H24O3S. The molecule has 2 rings (SSSR count). The zero-order valence-corrected chi connectivity index (χ0v) is 14.8. The van der Waals surface area contributed by atoms with Gasteiger partial charge >= 0.3 is 0 Å². The van der Waals surface area contributed by atoms with Crippen molar-refractivity contribution in [3.05, 3.63) is 71.3 Å². The Labute approximate surface area is 139 Å². The van der Waals surface area contributed by atoms with Crippen molar-refractivity contribution in [2.24, 2.45) is 0 Å². The lowest BCUT2D eigenvalue weighted by atomic mass is 9.86. The number of rotatable bonds is 6. The van der Waals surface area contributed by atoms with Gasteiger partial charge in [0.15, 0.2) is 0 Å². The normalized spacial score (nSPS) is 12.3. The smallest absolute Gasteiger partial charge is 0.270 e.